The zero-order valence-electron chi connectivity index (χ0n) is 11.5. The molecule has 0 radical (unpaired) electrons. The molecular formula is C16H14BClO3. The Kier molecular flexibility index (Phi) is 3.85. The number of hydrogen-bond donors (Lipinski definition) is 1. The van der Waals surface area contributed by atoms with Crippen LogP contribution < -0.4 is 5.46 Å². The van der Waals surface area contributed by atoms with Crippen molar-refractivity contribution in [2.24, 2.45) is 0 Å². The third kappa shape index (κ3) is 2.75. The fourth-order valence-electron chi connectivity index (χ4n) is 2.63. The van der Waals surface area contributed by atoms with Crippen molar-refractivity contribution in [2.45, 2.75) is 19.4 Å². The number of benzene rings is 2. The summed E-state index contributed by atoms with van der Waals surface area (Å²) in [5.41, 5.74) is 3.07. The molecule has 106 valence electrons. The summed E-state index contributed by atoms with van der Waals surface area (Å²) >= 11 is 6.04. The molecule has 0 saturated carbocycles. The molecule has 0 bridgehead atoms. The number of carbonyl (C=O) groups is 1. The molecule has 2 aromatic carbocycles. The normalized spacial score (nSPS) is 16.9. The van der Waals surface area contributed by atoms with E-state index in [1.807, 2.05) is 25.1 Å². The van der Waals surface area contributed by atoms with Gasteiger partial charge in [0.2, 0.25) is 0 Å². The molecule has 21 heavy (non-hydrogen) atoms. The lowest BCUT2D eigenvalue weighted by atomic mass is 9.78. The van der Waals surface area contributed by atoms with Crippen molar-refractivity contribution >= 4 is 30.0 Å². The quantitative estimate of drug-likeness (QED) is 0.700. The van der Waals surface area contributed by atoms with Crippen LogP contribution in [0.1, 0.15) is 34.5 Å². The van der Waals surface area contributed by atoms with E-state index >= 15 is 0 Å². The van der Waals surface area contributed by atoms with Gasteiger partial charge < -0.3 is 9.68 Å². The summed E-state index contributed by atoms with van der Waals surface area (Å²) in [7, 11) is -0.912. The lowest BCUT2D eigenvalue weighted by Crippen LogP contribution is -2.28. The number of rotatable bonds is 3. The molecule has 0 fully saturated rings. The molecule has 1 N–H and O–H groups in total. The Bertz CT molecular complexity index is 702. The Morgan fingerprint density at radius 2 is 2.10 bits per heavy atom. The highest BCUT2D eigenvalue weighted by Gasteiger charge is 2.32. The number of Topliss-reactive ketones (excluding diaryl/α,β-unsaturated/α-hetero) is 1. The minimum Gasteiger partial charge on any atom is -0.423 e. The van der Waals surface area contributed by atoms with E-state index in [1.165, 1.54) is 0 Å². The first-order valence-electron chi connectivity index (χ1n) is 6.80. The lowest BCUT2D eigenvalue weighted by molar-refractivity contribution is 0.0993. The Balaban J connectivity index is 1.85. The van der Waals surface area contributed by atoms with Crippen molar-refractivity contribution in [1.82, 2.24) is 0 Å². The first-order chi connectivity index (χ1) is 10.1. The van der Waals surface area contributed by atoms with Gasteiger partial charge >= 0.3 is 7.12 Å². The Morgan fingerprint density at radius 3 is 2.86 bits per heavy atom. The summed E-state index contributed by atoms with van der Waals surface area (Å²) in [4.78, 5) is 12.3. The molecule has 0 aromatic heterocycles. The van der Waals surface area contributed by atoms with E-state index in [4.69, 9.17) is 16.3 Å². The van der Waals surface area contributed by atoms with Crippen molar-refractivity contribution in [3.63, 3.8) is 0 Å². The van der Waals surface area contributed by atoms with Gasteiger partial charge in [0.25, 0.3) is 0 Å². The van der Waals surface area contributed by atoms with Gasteiger partial charge in [-0.3, -0.25) is 4.79 Å². The second kappa shape index (κ2) is 5.64. The Morgan fingerprint density at radius 1 is 1.33 bits per heavy atom. The molecule has 1 aliphatic heterocycles. The topological polar surface area (TPSA) is 46.5 Å². The maximum Gasteiger partial charge on any atom is 0.491 e. The fraction of sp³-hybridized carbons (Fsp3) is 0.188. The van der Waals surface area contributed by atoms with Gasteiger partial charge in [-0.15, -0.1) is 0 Å². The van der Waals surface area contributed by atoms with Crippen LogP contribution >= 0.6 is 11.6 Å². The number of fused-ring (bicyclic) bond motifs is 1. The lowest BCUT2D eigenvalue weighted by Gasteiger charge is -2.07. The molecule has 1 unspecified atom stereocenters. The Labute approximate surface area is 128 Å². The first kappa shape index (κ1) is 14.3. The summed E-state index contributed by atoms with van der Waals surface area (Å²) in [6.07, 6.45) is 0.126. The molecule has 1 heterocycles. The standard InChI is InChI=1S/C16H14BClO3/c1-10-12-7-6-11(8-14(12)17(20)21-10)9-16(19)13-4-2-3-5-15(13)18/h2-8,10,20H,9H2,1H3. The fourth-order valence-corrected chi connectivity index (χ4v) is 2.87. The van der Waals surface area contributed by atoms with Gasteiger partial charge in [0.05, 0.1) is 11.1 Å². The number of ketones is 1. The highest BCUT2D eigenvalue weighted by Crippen LogP contribution is 2.24. The largest absolute Gasteiger partial charge is 0.491 e. The molecule has 3 rings (SSSR count). The second-order valence-corrected chi connectivity index (χ2v) is 5.58. The predicted molar refractivity (Wildman–Crippen MR) is 83.0 cm³/mol. The minimum atomic E-state index is -0.912. The number of carbonyl (C=O) groups excluding carboxylic acids is 1. The van der Waals surface area contributed by atoms with Gasteiger partial charge in [0.1, 0.15) is 0 Å². The highest BCUT2D eigenvalue weighted by atomic mass is 35.5. The predicted octanol–water partition coefficient (Wildman–Crippen LogP) is 2.54. The van der Waals surface area contributed by atoms with Crippen LogP contribution in [0.2, 0.25) is 5.02 Å². The average Bonchev–Trinajstić information content (AvgIpc) is 2.74. The van der Waals surface area contributed by atoms with Gasteiger partial charge in [-0.1, -0.05) is 41.9 Å². The minimum absolute atomic E-state index is 0.0398. The van der Waals surface area contributed by atoms with Crippen molar-refractivity contribution in [2.75, 3.05) is 0 Å². The van der Waals surface area contributed by atoms with Crippen molar-refractivity contribution < 1.29 is 14.5 Å². The second-order valence-electron chi connectivity index (χ2n) is 5.17. The van der Waals surface area contributed by atoms with Gasteiger partial charge in [-0.2, -0.15) is 0 Å². The van der Waals surface area contributed by atoms with E-state index in [-0.39, 0.29) is 18.3 Å². The highest BCUT2D eigenvalue weighted by molar-refractivity contribution is 6.61. The maximum absolute atomic E-state index is 12.3. The summed E-state index contributed by atoms with van der Waals surface area (Å²) in [6, 6.07) is 12.6. The maximum atomic E-state index is 12.3. The molecule has 1 aliphatic rings. The van der Waals surface area contributed by atoms with Crippen molar-refractivity contribution in [3.8, 4) is 0 Å². The SMILES string of the molecule is CC1OB(O)c2cc(CC(=O)c3ccccc3Cl)ccc21. The van der Waals surface area contributed by atoms with E-state index in [2.05, 4.69) is 0 Å². The Hall–Kier alpha value is -1.62. The average molecular weight is 301 g/mol. The van der Waals surface area contributed by atoms with Crippen molar-refractivity contribution in [3.05, 3.63) is 64.2 Å². The molecule has 5 heteroatoms. The van der Waals surface area contributed by atoms with Gasteiger partial charge in [-0.05, 0) is 35.6 Å². The molecule has 1 atom stereocenters. The van der Waals surface area contributed by atoms with Crippen LogP contribution in [-0.4, -0.2) is 17.9 Å². The number of hydrogen-bond acceptors (Lipinski definition) is 3. The van der Waals surface area contributed by atoms with E-state index in [9.17, 15) is 9.82 Å². The zero-order chi connectivity index (χ0) is 15.0. The van der Waals surface area contributed by atoms with Crippen LogP contribution in [-0.2, 0) is 11.1 Å². The van der Waals surface area contributed by atoms with Crippen LogP contribution in [0.25, 0.3) is 0 Å². The molecule has 0 spiro atoms. The molecule has 2 aromatic rings. The molecule has 3 nitrogen and oxygen atoms in total. The third-order valence-electron chi connectivity index (χ3n) is 3.73. The van der Waals surface area contributed by atoms with Crippen LogP contribution in [0.5, 0.6) is 0 Å². The van der Waals surface area contributed by atoms with Crippen molar-refractivity contribution in [1.29, 1.82) is 0 Å². The van der Waals surface area contributed by atoms with E-state index < -0.39 is 7.12 Å². The molecular weight excluding hydrogens is 286 g/mol. The summed E-state index contributed by atoms with van der Waals surface area (Å²) < 4.78 is 5.34. The van der Waals surface area contributed by atoms with E-state index in [0.717, 1.165) is 16.6 Å². The summed E-state index contributed by atoms with van der Waals surface area (Å²) in [5, 5.41) is 10.3. The molecule has 0 aliphatic carbocycles. The van der Waals surface area contributed by atoms with Crippen LogP contribution in [0.3, 0.4) is 0 Å². The first-order valence-corrected chi connectivity index (χ1v) is 7.18. The summed E-state index contributed by atoms with van der Waals surface area (Å²) in [6.45, 7) is 1.89. The van der Waals surface area contributed by atoms with Crippen LogP contribution in [0.15, 0.2) is 42.5 Å². The third-order valence-corrected chi connectivity index (χ3v) is 4.06. The van der Waals surface area contributed by atoms with Crippen LogP contribution in [0.4, 0.5) is 0 Å². The van der Waals surface area contributed by atoms with Gasteiger partial charge in [0, 0.05) is 12.0 Å². The zero-order valence-corrected chi connectivity index (χ0v) is 12.3. The monoisotopic (exact) mass is 300 g/mol. The molecule has 0 saturated heterocycles. The van der Waals surface area contributed by atoms with E-state index in [1.54, 1.807) is 24.3 Å². The molecule has 0 amide bonds. The van der Waals surface area contributed by atoms with Gasteiger partial charge in [-0.25, -0.2) is 0 Å². The van der Waals surface area contributed by atoms with Gasteiger partial charge in [0.15, 0.2) is 5.78 Å². The summed E-state index contributed by atoms with van der Waals surface area (Å²) in [5.74, 6) is -0.0398. The van der Waals surface area contributed by atoms with E-state index in [0.29, 0.717) is 10.6 Å². The van der Waals surface area contributed by atoms with Crippen LogP contribution in [0, 0.1) is 0 Å². The smallest absolute Gasteiger partial charge is 0.423 e. The number of halogens is 1.